The van der Waals surface area contributed by atoms with E-state index in [9.17, 15) is 0 Å². The third kappa shape index (κ3) is 10.1. The maximum absolute atomic E-state index is 9.05. The molecule has 0 fully saturated rings. The zero-order valence-corrected chi connectivity index (χ0v) is 10.3. The molecule has 0 amide bonds. The molecule has 0 aromatic carbocycles. The Kier molecular flexibility index (Phi) is 9.00. The van der Waals surface area contributed by atoms with Crippen LogP contribution in [-0.2, 0) is 9.47 Å². The summed E-state index contributed by atoms with van der Waals surface area (Å²) in [6.07, 6.45) is 0.246. The molecule has 1 unspecified atom stereocenters. The molecule has 0 rings (SSSR count). The fourth-order valence-electron chi connectivity index (χ4n) is 1.19. The first-order chi connectivity index (χ1) is 7.06. The van der Waals surface area contributed by atoms with E-state index in [0.29, 0.717) is 25.9 Å². The summed E-state index contributed by atoms with van der Waals surface area (Å²) in [6, 6.07) is 0.377. The number of aliphatic hydroxyl groups excluding tert-OH is 1. The molecule has 0 heterocycles. The maximum atomic E-state index is 9.05. The maximum Gasteiger partial charge on any atom is 0.0703 e. The van der Waals surface area contributed by atoms with Crippen molar-refractivity contribution in [2.45, 2.75) is 45.9 Å². The normalized spacial score (nSPS) is 13.8. The first kappa shape index (κ1) is 14.8. The molecular formula is C11H25NO3. The lowest BCUT2D eigenvalue weighted by Crippen LogP contribution is -2.41. The van der Waals surface area contributed by atoms with Gasteiger partial charge in [-0.05, 0) is 13.8 Å². The lowest BCUT2D eigenvalue weighted by molar-refractivity contribution is 0.00867. The third-order valence-corrected chi connectivity index (χ3v) is 1.79. The Bertz CT molecular complexity index is 140. The summed E-state index contributed by atoms with van der Waals surface area (Å²) < 4.78 is 10.7. The molecule has 1 atom stereocenters. The predicted octanol–water partition coefficient (Wildman–Crippen LogP) is 0.787. The van der Waals surface area contributed by atoms with Gasteiger partial charge < -0.3 is 19.9 Å². The van der Waals surface area contributed by atoms with Gasteiger partial charge in [0.1, 0.15) is 0 Å². The average Bonchev–Trinajstić information content (AvgIpc) is 2.14. The van der Waals surface area contributed by atoms with Crippen LogP contribution in [0.1, 0.15) is 27.7 Å². The van der Waals surface area contributed by atoms with Crippen LogP contribution in [-0.4, -0.2) is 49.7 Å². The van der Waals surface area contributed by atoms with E-state index in [1.807, 2.05) is 27.7 Å². The van der Waals surface area contributed by atoms with E-state index in [1.54, 1.807) is 0 Å². The number of hydrogen-bond acceptors (Lipinski definition) is 4. The van der Waals surface area contributed by atoms with Gasteiger partial charge in [0, 0.05) is 6.04 Å². The SMILES string of the molecule is CC(C)NC(CO)COCCOC(C)C. The highest BCUT2D eigenvalue weighted by Gasteiger charge is 2.08. The van der Waals surface area contributed by atoms with E-state index >= 15 is 0 Å². The molecule has 0 saturated carbocycles. The molecule has 4 heteroatoms. The van der Waals surface area contributed by atoms with Crippen molar-refractivity contribution in [1.29, 1.82) is 0 Å². The number of ether oxygens (including phenoxy) is 2. The first-order valence-electron chi connectivity index (χ1n) is 5.62. The number of hydrogen-bond donors (Lipinski definition) is 2. The van der Waals surface area contributed by atoms with Crippen LogP contribution >= 0.6 is 0 Å². The Balaban J connectivity index is 3.38. The lowest BCUT2D eigenvalue weighted by Gasteiger charge is -2.19. The molecule has 0 aliphatic rings. The van der Waals surface area contributed by atoms with Gasteiger partial charge in [-0.1, -0.05) is 13.8 Å². The van der Waals surface area contributed by atoms with Crippen molar-refractivity contribution >= 4 is 0 Å². The highest BCUT2D eigenvalue weighted by Crippen LogP contribution is 1.91. The van der Waals surface area contributed by atoms with Crippen LogP contribution in [0.2, 0.25) is 0 Å². The minimum absolute atomic E-state index is 0.0176. The van der Waals surface area contributed by atoms with Crippen LogP contribution in [0, 0.1) is 0 Å². The van der Waals surface area contributed by atoms with Gasteiger partial charge in [-0.2, -0.15) is 0 Å². The molecule has 0 aliphatic carbocycles. The summed E-state index contributed by atoms with van der Waals surface area (Å²) in [5.41, 5.74) is 0. The molecule has 0 bridgehead atoms. The van der Waals surface area contributed by atoms with Gasteiger partial charge in [-0.3, -0.25) is 0 Å². The molecule has 92 valence electrons. The fourth-order valence-corrected chi connectivity index (χ4v) is 1.19. The van der Waals surface area contributed by atoms with Gasteiger partial charge in [0.15, 0.2) is 0 Å². The molecule has 15 heavy (non-hydrogen) atoms. The van der Waals surface area contributed by atoms with Gasteiger partial charge in [0.25, 0.3) is 0 Å². The predicted molar refractivity (Wildman–Crippen MR) is 61.1 cm³/mol. The molecule has 0 aromatic heterocycles. The van der Waals surface area contributed by atoms with E-state index in [2.05, 4.69) is 5.32 Å². The van der Waals surface area contributed by atoms with Crippen molar-refractivity contribution in [3.8, 4) is 0 Å². The number of rotatable bonds is 9. The quantitative estimate of drug-likeness (QED) is 0.563. The van der Waals surface area contributed by atoms with Crippen molar-refractivity contribution in [1.82, 2.24) is 5.32 Å². The van der Waals surface area contributed by atoms with E-state index < -0.39 is 0 Å². The first-order valence-corrected chi connectivity index (χ1v) is 5.62. The van der Waals surface area contributed by atoms with Gasteiger partial charge in [-0.25, -0.2) is 0 Å². The third-order valence-electron chi connectivity index (χ3n) is 1.79. The number of aliphatic hydroxyl groups is 1. The molecule has 0 spiro atoms. The number of nitrogens with one attached hydrogen (secondary N) is 1. The van der Waals surface area contributed by atoms with Crippen molar-refractivity contribution in [2.24, 2.45) is 0 Å². The summed E-state index contributed by atoms with van der Waals surface area (Å²) >= 11 is 0. The summed E-state index contributed by atoms with van der Waals surface area (Å²) in [4.78, 5) is 0. The Morgan fingerprint density at radius 3 is 2.27 bits per heavy atom. The standard InChI is InChI=1S/C11H25NO3/c1-9(2)12-11(7-13)8-14-5-6-15-10(3)4/h9-13H,5-8H2,1-4H3. The zero-order chi connectivity index (χ0) is 11.7. The molecule has 0 saturated heterocycles. The van der Waals surface area contributed by atoms with E-state index in [0.717, 1.165) is 0 Å². The van der Waals surface area contributed by atoms with E-state index in [1.165, 1.54) is 0 Å². The molecule has 0 radical (unpaired) electrons. The Labute approximate surface area is 93.0 Å². The van der Waals surface area contributed by atoms with Crippen LogP contribution in [0.5, 0.6) is 0 Å². The second kappa shape index (κ2) is 9.09. The summed E-state index contributed by atoms with van der Waals surface area (Å²) in [5, 5.41) is 12.3. The van der Waals surface area contributed by atoms with Crippen molar-refractivity contribution in [2.75, 3.05) is 26.4 Å². The van der Waals surface area contributed by atoms with Crippen molar-refractivity contribution in [3.63, 3.8) is 0 Å². The van der Waals surface area contributed by atoms with Crippen LogP contribution in [0.3, 0.4) is 0 Å². The van der Waals surface area contributed by atoms with Gasteiger partial charge in [-0.15, -0.1) is 0 Å². The smallest absolute Gasteiger partial charge is 0.0703 e. The topological polar surface area (TPSA) is 50.7 Å². The lowest BCUT2D eigenvalue weighted by atomic mass is 10.3. The highest BCUT2D eigenvalue weighted by atomic mass is 16.5. The fraction of sp³-hybridized carbons (Fsp3) is 1.00. The van der Waals surface area contributed by atoms with Crippen LogP contribution in [0.4, 0.5) is 0 Å². The van der Waals surface area contributed by atoms with E-state index in [4.69, 9.17) is 14.6 Å². The van der Waals surface area contributed by atoms with Crippen LogP contribution in [0.25, 0.3) is 0 Å². The monoisotopic (exact) mass is 219 g/mol. The zero-order valence-electron chi connectivity index (χ0n) is 10.3. The van der Waals surface area contributed by atoms with Crippen molar-refractivity contribution in [3.05, 3.63) is 0 Å². The van der Waals surface area contributed by atoms with Gasteiger partial charge in [0.05, 0.1) is 38.6 Å². The Morgan fingerprint density at radius 1 is 1.13 bits per heavy atom. The largest absolute Gasteiger partial charge is 0.395 e. The highest BCUT2D eigenvalue weighted by molar-refractivity contribution is 4.66. The molecule has 0 aromatic rings. The Morgan fingerprint density at radius 2 is 1.80 bits per heavy atom. The molecular weight excluding hydrogens is 194 g/mol. The minimum Gasteiger partial charge on any atom is -0.395 e. The summed E-state index contributed by atoms with van der Waals surface area (Å²) in [5.74, 6) is 0. The summed E-state index contributed by atoms with van der Waals surface area (Å²) in [6.45, 7) is 9.90. The van der Waals surface area contributed by atoms with Crippen LogP contribution in [0.15, 0.2) is 0 Å². The van der Waals surface area contributed by atoms with E-state index in [-0.39, 0.29) is 18.8 Å². The van der Waals surface area contributed by atoms with Crippen molar-refractivity contribution < 1.29 is 14.6 Å². The molecule has 4 nitrogen and oxygen atoms in total. The van der Waals surface area contributed by atoms with Gasteiger partial charge in [0.2, 0.25) is 0 Å². The van der Waals surface area contributed by atoms with Gasteiger partial charge >= 0.3 is 0 Å². The minimum atomic E-state index is 0.0176. The summed E-state index contributed by atoms with van der Waals surface area (Å²) in [7, 11) is 0. The van der Waals surface area contributed by atoms with Crippen LogP contribution < -0.4 is 5.32 Å². The average molecular weight is 219 g/mol. The second-order valence-electron chi connectivity index (χ2n) is 4.20. The Hall–Kier alpha value is -0.160. The molecule has 2 N–H and O–H groups in total. The second-order valence-corrected chi connectivity index (χ2v) is 4.20. The molecule has 0 aliphatic heterocycles.